The summed E-state index contributed by atoms with van der Waals surface area (Å²) in [5, 5.41) is 0. The molecule has 0 spiro atoms. The minimum atomic E-state index is 0. The van der Waals surface area contributed by atoms with E-state index < -0.39 is 0 Å². The first kappa shape index (κ1) is 17.0. The molecule has 0 aromatic rings. The van der Waals surface area contributed by atoms with Crippen molar-refractivity contribution in [1.82, 2.24) is 0 Å². The molecule has 0 atom stereocenters. The zero-order chi connectivity index (χ0) is 10.2. The summed E-state index contributed by atoms with van der Waals surface area (Å²) in [6.07, 6.45) is 0. The lowest BCUT2D eigenvalue weighted by Gasteiger charge is -2.34. The Kier molecular flexibility index (Phi) is 12.3. The standard InChI is InChI=1S/C10H24NO2.HI/c1-5-11(6-2,7-3)10-13-9-8-12-4;/h5-10H2,1-4H3;1H/q+1;/p-1. The van der Waals surface area contributed by atoms with Gasteiger partial charge in [0.05, 0.1) is 32.8 Å². The zero-order valence-corrected chi connectivity index (χ0v) is 12.0. The third kappa shape index (κ3) is 6.16. The molecule has 4 heteroatoms. The highest BCUT2D eigenvalue weighted by Gasteiger charge is 2.19. The first-order valence-corrected chi connectivity index (χ1v) is 5.16. The van der Waals surface area contributed by atoms with E-state index in [1.165, 1.54) is 0 Å². The lowest BCUT2D eigenvalue weighted by Crippen LogP contribution is -3.00. The van der Waals surface area contributed by atoms with Crippen LogP contribution in [-0.2, 0) is 9.47 Å². The topological polar surface area (TPSA) is 18.5 Å². The summed E-state index contributed by atoms with van der Waals surface area (Å²) in [6.45, 7) is 12.3. The second-order valence-electron chi connectivity index (χ2n) is 3.32. The van der Waals surface area contributed by atoms with E-state index in [-0.39, 0.29) is 24.0 Å². The Morgan fingerprint density at radius 1 is 0.929 bits per heavy atom. The number of hydrogen-bond donors (Lipinski definition) is 0. The predicted octanol–water partition coefficient (Wildman–Crippen LogP) is -1.51. The maximum Gasteiger partial charge on any atom is 0.183 e. The molecule has 0 aromatic heterocycles. The van der Waals surface area contributed by atoms with Crippen LogP contribution in [0.3, 0.4) is 0 Å². The van der Waals surface area contributed by atoms with E-state index in [1.807, 2.05) is 0 Å². The minimum absolute atomic E-state index is 0. The van der Waals surface area contributed by atoms with Gasteiger partial charge >= 0.3 is 0 Å². The summed E-state index contributed by atoms with van der Waals surface area (Å²) >= 11 is 0. The Morgan fingerprint density at radius 2 is 1.43 bits per heavy atom. The Bertz CT molecular complexity index is 110. The second-order valence-corrected chi connectivity index (χ2v) is 3.32. The van der Waals surface area contributed by atoms with Crippen LogP contribution in [0.1, 0.15) is 20.8 Å². The van der Waals surface area contributed by atoms with Gasteiger partial charge in [-0.1, -0.05) is 0 Å². The van der Waals surface area contributed by atoms with Crippen molar-refractivity contribution in [3.8, 4) is 0 Å². The Morgan fingerprint density at radius 3 is 1.79 bits per heavy atom. The van der Waals surface area contributed by atoms with Gasteiger partial charge < -0.3 is 37.9 Å². The van der Waals surface area contributed by atoms with Crippen LogP contribution >= 0.6 is 0 Å². The highest BCUT2D eigenvalue weighted by atomic mass is 127. The van der Waals surface area contributed by atoms with E-state index in [9.17, 15) is 0 Å². The highest BCUT2D eigenvalue weighted by Crippen LogP contribution is 2.05. The van der Waals surface area contributed by atoms with Crippen molar-refractivity contribution >= 4 is 0 Å². The summed E-state index contributed by atoms with van der Waals surface area (Å²) in [7, 11) is 1.70. The van der Waals surface area contributed by atoms with Crippen LogP contribution in [0.5, 0.6) is 0 Å². The van der Waals surface area contributed by atoms with Gasteiger partial charge in [0.25, 0.3) is 0 Å². The van der Waals surface area contributed by atoms with E-state index in [0.717, 1.165) is 30.8 Å². The zero-order valence-electron chi connectivity index (χ0n) is 9.88. The average Bonchev–Trinajstić information content (AvgIpc) is 2.20. The molecule has 0 heterocycles. The monoisotopic (exact) mass is 317 g/mol. The van der Waals surface area contributed by atoms with Gasteiger partial charge in [-0.05, 0) is 20.8 Å². The SMILES string of the molecule is CC[N+](CC)(CC)COCCOC.[I-]. The van der Waals surface area contributed by atoms with E-state index >= 15 is 0 Å². The summed E-state index contributed by atoms with van der Waals surface area (Å²) in [5.74, 6) is 0. The molecule has 0 aromatic carbocycles. The smallest absolute Gasteiger partial charge is 0.183 e. The van der Waals surface area contributed by atoms with Crippen LogP contribution in [0, 0.1) is 0 Å². The molecule has 0 aliphatic carbocycles. The number of halogens is 1. The molecular formula is C10H24INO2. The normalized spacial score (nSPS) is 11.1. The van der Waals surface area contributed by atoms with E-state index in [0.29, 0.717) is 13.2 Å². The van der Waals surface area contributed by atoms with Gasteiger partial charge in [-0.25, -0.2) is 0 Å². The fraction of sp³-hybridized carbons (Fsp3) is 1.00. The predicted molar refractivity (Wildman–Crippen MR) is 54.6 cm³/mol. The largest absolute Gasteiger partial charge is 1.00 e. The van der Waals surface area contributed by atoms with Crippen LogP contribution in [0.2, 0.25) is 0 Å². The molecule has 0 bridgehead atoms. The summed E-state index contributed by atoms with van der Waals surface area (Å²) < 4.78 is 11.5. The molecule has 0 aliphatic rings. The molecule has 0 N–H and O–H groups in total. The first-order valence-electron chi connectivity index (χ1n) is 5.16. The molecule has 0 unspecified atom stereocenters. The summed E-state index contributed by atoms with van der Waals surface area (Å²) in [6, 6.07) is 0. The van der Waals surface area contributed by atoms with E-state index in [4.69, 9.17) is 9.47 Å². The third-order valence-corrected chi connectivity index (χ3v) is 2.81. The van der Waals surface area contributed by atoms with Crippen molar-refractivity contribution in [3.05, 3.63) is 0 Å². The molecule has 0 amide bonds. The van der Waals surface area contributed by atoms with E-state index in [2.05, 4.69) is 20.8 Å². The van der Waals surface area contributed by atoms with Crippen LogP contribution < -0.4 is 24.0 Å². The summed E-state index contributed by atoms with van der Waals surface area (Å²) in [5.41, 5.74) is 0. The van der Waals surface area contributed by atoms with Crippen molar-refractivity contribution in [2.45, 2.75) is 20.8 Å². The van der Waals surface area contributed by atoms with Crippen molar-refractivity contribution in [1.29, 1.82) is 0 Å². The number of rotatable bonds is 8. The number of quaternary nitrogens is 1. The Hall–Kier alpha value is 0.610. The lowest BCUT2D eigenvalue weighted by molar-refractivity contribution is -0.941. The average molecular weight is 317 g/mol. The third-order valence-electron chi connectivity index (χ3n) is 2.81. The fourth-order valence-electron chi connectivity index (χ4n) is 1.35. The highest BCUT2D eigenvalue weighted by molar-refractivity contribution is 4.31. The molecule has 0 fully saturated rings. The lowest BCUT2D eigenvalue weighted by atomic mass is 10.4. The Balaban J connectivity index is 0. The number of nitrogens with zero attached hydrogens (tertiary/aromatic N) is 1. The molecule has 88 valence electrons. The molecule has 14 heavy (non-hydrogen) atoms. The quantitative estimate of drug-likeness (QED) is 0.235. The van der Waals surface area contributed by atoms with Crippen molar-refractivity contribution in [2.75, 3.05) is 46.7 Å². The molecule has 0 saturated heterocycles. The van der Waals surface area contributed by atoms with Crippen LogP contribution in [0.4, 0.5) is 0 Å². The van der Waals surface area contributed by atoms with Crippen LogP contribution in [0.25, 0.3) is 0 Å². The second kappa shape index (κ2) is 10.1. The molecule has 0 rings (SSSR count). The first-order chi connectivity index (χ1) is 6.24. The van der Waals surface area contributed by atoms with Crippen LogP contribution in [-0.4, -0.2) is 51.2 Å². The molecular weight excluding hydrogens is 293 g/mol. The molecule has 0 radical (unpaired) electrons. The summed E-state index contributed by atoms with van der Waals surface area (Å²) in [4.78, 5) is 0. The van der Waals surface area contributed by atoms with Crippen molar-refractivity contribution in [2.24, 2.45) is 0 Å². The Labute approximate surface area is 105 Å². The van der Waals surface area contributed by atoms with Gasteiger partial charge in [-0.2, -0.15) is 0 Å². The number of ether oxygens (including phenoxy) is 2. The number of hydrogen-bond acceptors (Lipinski definition) is 2. The van der Waals surface area contributed by atoms with Crippen molar-refractivity contribution < 1.29 is 37.9 Å². The van der Waals surface area contributed by atoms with Crippen LogP contribution in [0.15, 0.2) is 0 Å². The fourth-order valence-corrected chi connectivity index (χ4v) is 1.35. The van der Waals surface area contributed by atoms with Gasteiger partial charge in [0, 0.05) is 7.11 Å². The number of methoxy groups -OCH3 is 1. The van der Waals surface area contributed by atoms with Gasteiger partial charge in [0.1, 0.15) is 0 Å². The minimum Gasteiger partial charge on any atom is -1.00 e. The molecule has 0 aliphatic heterocycles. The van der Waals surface area contributed by atoms with Gasteiger partial charge in [0.15, 0.2) is 6.73 Å². The van der Waals surface area contributed by atoms with Gasteiger partial charge in [-0.15, -0.1) is 0 Å². The molecule has 3 nitrogen and oxygen atoms in total. The van der Waals surface area contributed by atoms with Gasteiger partial charge in [0.2, 0.25) is 0 Å². The maximum atomic E-state index is 5.56. The maximum absolute atomic E-state index is 5.56. The van der Waals surface area contributed by atoms with Gasteiger partial charge in [-0.3, -0.25) is 0 Å². The van der Waals surface area contributed by atoms with Crippen molar-refractivity contribution in [3.63, 3.8) is 0 Å². The van der Waals surface area contributed by atoms with E-state index in [1.54, 1.807) is 7.11 Å². The molecule has 0 saturated carbocycles.